The van der Waals surface area contributed by atoms with E-state index >= 15 is 0 Å². The Kier molecular flexibility index (Phi) is 5.89. The van der Waals surface area contributed by atoms with E-state index in [4.69, 9.17) is 13.9 Å². The number of nitrogens with zero attached hydrogens (tertiary/aromatic N) is 3. The average molecular weight is 448 g/mol. The fraction of sp³-hybridized carbons (Fsp3) is 0.423. The second kappa shape index (κ2) is 8.98. The quantitative estimate of drug-likeness (QED) is 0.585. The number of aromatic nitrogens is 2. The Morgan fingerprint density at radius 1 is 1.09 bits per heavy atom. The van der Waals surface area contributed by atoms with Crippen LogP contribution in [0.2, 0.25) is 0 Å². The molecule has 5 rings (SSSR count). The molecule has 7 heteroatoms. The summed E-state index contributed by atoms with van der Waals surface area (Å²) in [4.78, 5) is 15.0. The van der Waals surface area contributed by atoms with E-state index in [0.717, 1.165) is 24.0 Å². The van der Waals surface area contributed by atoms with Gasteiger partial charge in [0.25, 0.3) is 5.91 Å². The molecular weight excluding hydrogens is 418 g/mol. The number of carbonyl (C=O) groups is 1. The van der Waals surface area contributed by atoms with Gasteiger partial charge in [-0.25, -0.2) is 0 Å². The van der Waals surface area contributed by atoms with Crippen LogP contribution in [-0.4, -0.2) is 53.9 Å². The van der Waals surface area contributed by atoms with Crippen LogP contribution < -0.4 is 4.74 Å². The number of carbonyl (C=O) groups excluding carboxylic acids is 1. The maximum Gasteiger partial charge on any atom is 0.260 e. The van der Waals surface area contributed by atoms with E-state index in [1.54, 1.807) is 0 Å². The van der Waals surface area contributed by atoms with Crippen LogP contribution in [0, 0.1) is 19.3 Å². The molecule has 0 radical (unpaired) electrons. The molecule has 2 saturated heterocycles. The summed E-state index contributed by atoms with van der Waals surface area (Å²) in [5.41, 5.74) is 3.06. The van der Waals surface area contributed by atoms with Gasteiger partial charge in [-0.2, -0.15) is 0 Å². The van der Waals surface area contributed by atoms with Crippen molar-refractivity contribution in [3.8, 4) is 17.2 Å². The zero-order chi connectivity index (χ0) is 22.8. The zero-order valence-corrected chi connectivity index (χ0v) is 19.1. The smallest absolute Gasteiger partial charge is 0.260 e. The molecule has 1 aromatic heterocycles. The third-order valence-electron chi connectivity index (χ3n) is 6.88. The lowest BCUT2D eigenvalue weighted by molar-refractivity contribution is -0.133. The van der Waals surface area contributed by atoms with Crippen molar-refractivity contribution in [3.63, 3.8) is 0 Å². The van der Waals surface area contributed by atoms with E-state index in [9.17, 15) is 4.79 Å². The first-order valence-electron chi connectivity index (χ1n) is 11.5. The molecule has 1 unspecified atom stereocenters. The molecule has 3 heterocycles. The third kappa shape index (κ3) is 4.50. The van der Waals surface area contributed by atoms with Gasteiger partial charge in [-0.1, -0.05) is 29.8 Å². The van der Waals surface area contributed by atoms with Gasteiger partial charge in [0.15, 0.2) is 6.61 Å². The molecule has 0 aliphatic carbocycles. The highest BCUT2D eigenvalue weighted by atomic mass is 16.5. The highest BCUT2D eigenvalue weighted by molar-refractivity contribution is 5.78. The first kappa shape index (κ1) is 21.6. The minimum absolute atomic E-state index is 0.0151. The van der Waals surface area contributed by atoms with Gasteiger partial charge >= 0.3 is 0 Å². The third-order valence-corrected chi connectivity index (χ3v) is 6.88. The molecule has 0 bridgehead atoms. The van der Waals surface area contributed by atoms with E-state index in [-0.39, 0.29) is 23.8 Å². The lowest BCUT2D eigenvalue weighted by atomic mass is 9.72. The van der Waals surface area contributed by atoms with Crippen LogP contribution in [0.3, 0.4) is 0 Å². The summed E-state index contributed by atoms with van der Waals surface area (Å²) in [5.74, 6) is 1.78. The molecule has 2 aliphatic heterocycles. The van der Waals surface area contributed by atoms with E-state index < -0.39 is 0 Å². The molecule has 1 spiro atoms. The van der Waals surface area contributed by atoms with Crippen molar-refractivity contribution >= 4 is 5.91 Å². The van der Waals surface area contributed by atoms with Crippen LogP contribution in [-0.2, 0) is 9.53 Å². The maximum atomic E-state index is 13.1. The predicted molar refractivity (Wildman–Crippen MR) is 123 cm³/mol. The minimum Gasteiger partial charge on any atom is -0.484 e. The topological polar surface area (TPSA) is 77.7 Å². The van der Waals surface area contributed by atoms with Crippen LogP contribution in [0.4, 0.5) is 0 Å². The largest absolute Gasteiger partial charge is 0.484 e. The molecule has 0 N–H and O–H groups in total. The van der Waals surface area contributed by atoms with Crippen molar-refractivity contribution in [1.82, 2.24) is 15.1 Å². The van der Waals surface area contributed by atoms with Crippen molar-refractivity contribution in [2.24, 2.45) is 5.41 Å². The van der Waals surface area contributed by atoms with Gasteiger partial charge in [0.2, 0.25) is 11.8 Å². The summed E-state index contributed by atoms with van der Waals surface area (Å²) < 4.78 is 17.6. The Hall–Kier alpha value is -3.19. The fourth-order valence-corrected chi connectivity index (χ4v) is 4.91. The number of ether oxygens (including phenoxy) is 2. The van der Waals surface area contributed by atoms with Crippen molar-refractivity contribution in [2.45, 2.75) is 32.6 Å². The molecule has 0 saturated carbocycles. The summed E-state index contributed by atoms with van der Waals surface area (Å²) in [7, 11) is 0. The van der Waals surface area contributed by atoms with Crippen LogP contribution >= 0.6 is 0 Å². The van der Waals surface area contributed by atoms with Gasteiger partial charge in [-0.3, -0.25) is 4.79 Å². The lowest BCUT2D eigenvalue weighted by Gasteiger charge is -2.36. The van der Waals surface area contributed by atoms with E-state index in [1.165, 1.54) is 5.56 Å². The maximum absolute atomic E-state index is 13.1. The number of rotatable bonds is 5. The molecule has 3 aromatic rings. The Morgan fingerprint density at radius 3 is 2.64 bits per heavy atom. The van der Waals surface area contributed by atoms with Gasteiger partial charge < -0.3 is 18.8 Å². The molecule has 1 atom stereocenters. The highest BCUT2D eigenvalue weighted by Gasteiger charge is 2.51. The van der Waals surface area contributed by atoms with E-state index in [0.29, 0.717) is 43.8 Å². The lowest BCUT2D eigenvalue weighted by Crippen LogP contribution is -2.38. The van der Waals surface area contributed by atoms with Crippen molar-refractivity contribution in [2.75, 3.05) is 32.9 Å². The van der Waals surface area contributed by atoms with Gasteiger partial charge in [0.05, 0.1) is 5.92 Å². The van der Waals surface area contributed by atoms with Crippen LogP contribution in [0.1, 0.15) is 35.8 Å². The molecule has 7 nitrogen and oxygen atoms in total. The van der Waals surface area contributed by atoms with Gasteiger partial charge in [0.1, 0.15) is 5.75 Å². The summed E-state index contributed by atoms with van der Waals surface area (Å²) in [6.45, 7) is 6.62. The molecule has 1 amide bonds. The number of likely N-dealkylation sites (tertiary alicyclic amines) is 1. The first-order chi connectivity index (χ1) is 16.0. The standard InChI is InChI=1S/C26H29N3O4/c1-18-6-8-20(9-7-18)24-27-28-25(33-24)22-15-29(17-26(22)10-12-31-13-11-26)23(30)16-32-21-5-3-4-19(2)14-21/h3-9,14,22H,10-13,15-17H2,1-2H3. The normalized spacial score (nSPS) is 19.7. The molecule has 33 heavy (non-hydrogen) atoms. The summed E-state index contributed by atoms with van der Waals surface area (Å²) in [6.07, 6.45) is 1.73. The van der Waals surface area contributed by atoms with Crippen LogP contribution in [0.15, 0.2) is 52.9 Å². The number of benzene rings is 2. The number of hydrogen-bond donors (Lipinski definition) is 0. The molecule has 2 fully saturated rings. The van der Waals surface area contributed by atoms with Gasteiger partial charge in [-0.05, 0) is 56.5 Å². The van der Waals surface area contributed by atoms with E-state index in [1.807, 2.05) is 67.3 Å². The second-order valence-corrected chi connectivity index (χ2v) is 9.22. The number of amides is 1. The average Bonchev–Trinajstić information content (AvgIpc) is 3.44. The van der Waals surface area contributed by atoms with Crippen molar-refractivity contribution < 1.29 is 18.7 Å². The molecule has 2 aromatic carbocycles. The molecule has 2 aliphatic rings. The van der Waals surface area contributed by atoms with Crippen LogP contribution in [0.5, 0.6) is 5.75 Å². The second-order valence-electron chi connectivity index (χ2n) is 9.22. The fourth-order valence-electron chi connectivity index (χ4n) is 4.91. The zero-order valence-electron chi connectivity index (χ0n) is 19.1. The van der Waals surface area contributed by atoms with Crippen LogP contribution in [0.25, 0.3) is 11.5 Å². The minimum atomic E-state index is -0.117. The number of aryl methyl sites for hydroxylation is 2. The Balaban J connectivity index is 1.34. The monoisotopic (exact) mass is 447 g/mol. The summed E-state index contributed by atoms with van der Waals surface area (Å²) in [5, 5.41) is 8.73. The van der Waals surface area contributed by atoms with Crippen molar-refractivity contribution in [1.29, 1.82) is 0 Å². The predicted octanol–water partition coefficient (Wildman–Crippen LogP) is 4.16. The van der Waals surface area contributed by atoms with Crippen molar-refractivity contribution in [3.05, 3.63) is 65.5 Å². The van der Waals surface area contributed by atoms with Gasteiger partial charge in [0, 0.05) is 37.3 Å². The Labute approximate surface area is 193 Å². The SMILES string of the molecule is Cc1ccc(-c2nnc(C3CN(C(=O)COc4cccc(C)c4)CC34CCOCC4)o2)cc1. The summed E-state index contributed by atoms with van der Waals surface area (Å²) in [6, 6.07) is 15.8. The summed E-state index contributed by atoms with van der Waals surface area (Å²) >= 11 is 0. The Morgan fingerprint density at radius 2 is 1.88 bits per heavy atom. The van der Waals surface area contributed by atoms with Gasteiger partial charge in [-0.15, -0.1) is 10.2 Å². The highest BCUT2D eigenvalue weighted by Crippen LogP contribution is 2.49. The Bertz CT molecular complexity index is 1120. The molecular formula is C26H29N3O4. The van der Waals surface area contributed by atoms with E-state index in [2.05, 4.69) is 10.2 Å². The molecule has 172 valence electrons. The number of hydrogen-bond acceptors (Lipinski definition) is 6. The first-order valence-corrected chi connectivity index (χ1v) is 11.5.